The molecule has 0 spiro atoms. The predicted molar refractivity (Wildman–Crippen MR) is 68.7 cm³/mol. The van der Waals surface area contributed by atoms with Gasteiger partial charge in [0.2, 0.25) is 11.8 Å². The largest absolute Gasteiger partial charge is 0.481 e. The van der Waals surface area contributed by atoms with Crippen LogP contribution in [0.15, 0.2) is 18.5 Å². The molecule has 0 bridgehead atoms. The molecule has 0 saturated carbocycles. The number of nitrogen functional groups attached to an aromatic ring is 2. The molecule has 0 aromatic carbocycles. The zero-order valence-corrected chi connectivity index (χ0v) is 10.4. The summed E-state index contributed by atoms with van der Waals surface area (Å²) in [6.45, 7) is 0. The number of methoxy groups -OCH3 is 1. The van der Waals surface area contributed by atoms with Gasteiger partial charge in [0.05, 0.1) is 13.3 Å². The van der Waals surface area contributed by atoms with Crippen molar-refractivity contribution in [3.8, 4) is 17.4 Å². The van der Waals surface area contributed by atoms with Gasteiger partial charge in [-0.05, 0) is 0 Å². The van der Waals surface area contributed by atoms with Gasteiger partial charge >= 0.3 is 5.97 Å². The molecule has 5 N–H and O–H groups in total. The fourth-order valence-corrected chi connectivity index (χ4v) is 1.37. The molecule has 0 amide bonds. The standard InChI is InChI=1S/C11H11N5O4/c1-19-8-2-6(5(3-14-8)10(17)18)20-7-4-15-11(13)16-9(7)12/h2-4H,1H3,(H,17,18)(H4,12,13,15,16). The van der Waals surface area contributed by atoms with E-state index >= 15 is 0 Å². The number of aromatic nitrogens is 3. The van der Waals surface area contributed by atoms with Crippen LogP contribution in [-0.2, 0) is 0 Å². The van der Waals surface area contributed by atoms with Crippen molar-refractivity contribution in [3.63, 3.8) is 0 Å². The van der Waals surface area contributed by atoms with E-state index in [0.29, 0.717) is 0 Å². The van der Waals surface area contributed by atoms with Gasteiger partial charge in [0, 0.05) is 12.3 Å². The van der Waals surface area contributed by atoms with Gasteiger partial charge in [-0.1, -0.05) is 0 Å². The minimum atomic E-state index is -1.20. The molecule has 20 heavy (non-hydrogen) atoms. The van der Waals surface area contributed by atoms with E-state index in [1.165, 1.54) is 19.4 Å². The van der Waals surface area contributed by atoms with Crippen molar-refractivity contribution in [2.45, 2.75) is 0 Å². The van der Waals surface area contributed by atoms with Gasteiger partial charge in [-0.2, -0.15) is 4.98 Å². The third kappa shape index (κ3) is 2.66. The molecular formula is C11H11N5O4. The lowest BCUT2D eigenvalue weighted by atomic mass is 10.2. The Bertz CT molecular complexity index is 661. The Balaban J connectivity index is 2.43. The number of aromatic carboxylic acids is 1. The van der Waals surface area contributed by atoms with Gasteiger partial charge in [-0.3, -0.25) is 0 Å². The second-order valence-electron chi connectivity index (χ2n) is 3.61. The Hall–Kier alpha value is -3.10. The van der Waals surface area contributed by atoms with E-state index < -0.39 is 5.97 Å². The molecule has 0 atom stereocenters. The number of carbonyl (C=O) groups is 1. The Morgan fingerprint density at radius 2 is 2.00 bits per heavy atom. The van der Waals surface area contributed by atoms with E-state index in [0.717, 1.165) is 6.20 Å². The van der Waals surface area contributed by atoms with Crippen LogP contribution in [0.25, 0.3) is 0 Å². The summed E-state index contributed by atoms with van der Waals surface area (Å²) >= 11 is 0. The molecule has 9 heteroatoms. The van der Waals surface area contributed by atoms with Crippen LogP contribution in [0.4, 0.5) is 11.8 Å². The highest BCUT2D eigenvalue weighted by atomic mass is 16.5. The van der Waals surface area contributed by atoms with Crippen molar-refractivity contribution in [1.82, 2.24) is 15.0 Å². The number of hydrogen-bond acceptors (Lipinski definition) is 8. The van der Waals surface area contributed by atoms with Crippen LogP contribution in [0, 0.1) is 0 Å². The summed E-state index contributed by atoms with van der Waals surface area (Å²) in [6, 6.07) is 1.32. The summed E-state index contributed by atoms with van der Waals surface area (Å²) in [5.41, 5.74) is 10.8. The van der Waals surface area contributed by atoms with Gasteiger partial charge in [-0.25, -0.2) is 14.8 Å². The third-order valence-corrected chi connectivity index (χ3v) is 2.30. The lowest BCUT2D eigenvalue weighted by Crippen LogP contribution is -2.05. The average molecular weight is 277 g/mol. The highest BCUT2D eigenvalue weighted by Gasteiger charge is 2.16. The number of carboxylic acids is 1. The second-order valence-corrected chi connectivity index (χ2v) is 3.61. The Morgan fingerprint density at radius 1 is 1.25 bits per heavy atom. The van der Waals surface area contributed by atoms with Gasteiger partial charge < -0.3 is 26.0 Å². The SMILES string of the molecule is COc1cc(Oc2cnc(N)nc2N)c(C(=O)O)cn1. The van der Waals surface area contributed by atoms with E-state index in [9.17, 15) is 4.79 Å². The van der Waals surface area contributed by atoms with Crippen molar-refractivity contribution >= 4 is 17.7 Å². The molecule has 2 rings (SSSR count). The molecule has 2 heterocycles. The fourth-order valence-electron chi connectivity index (χ4n) is 1.37. The van der Waals surface area contributed by atoms with Gasteiger partial charge in [0.1, 0.15) is 11.3 Å². The quantitative estimate of drug-likeness (QED) is 0.727. The number of anilines is 2. The van der Waals surface area contributed by atoms with Crippen LogP contribution < -0.4 is 20.9 Å². The normalized spacial score (nSPS) is 10.1. The lowest BCUT2D eigenvalue weighted by Gasteiger charge is -2.10. The second kappa shape index (κ2) is 5.26. The Morgan fingerprint density at radius 3 is 2.60 bits per heavy atom. The van der Waals surface area contributed by atoms with E-state index in [-0.39, 0.29) is 34.7 Å². The van der Waals surface area contributed by atoms with Crippen LogP contribution in [0.1, 0.15) is 10.4 Å². The van der Waals surface area contributed by atoms with E-state index in [2.05, 4.69) is 15.0 Å². The molecule has 104 valence electrons. The first-order valence-corrected chi connectivity index (χ1v) is 5.34. The number of carboxylic acid groups (broad SMARTS) is 1. The summed E-state index contributed by atoms with van der Waals surface area (Å²) in [7, 11) is 1.40. The Labute approximate surface area is 113 Å². The van der Waals surface area contributed by atoms with E-state index in [4.69, 9.17) is 26.0 Å². The molecule has 0 aliphatic rings. The van der Waals surface area contributed by atoms with Gasteiger partial charge in [0.25, 0.3) is 0 Å². The summed E-state index contributed by atoms with van der Waals surface area (Å²) in [5.74, 6) is -0.949. The summed E-state index contributed by atoms with van der Waals surface area (Å²) in [6.07, 6.45) is 2.36. The third-order valence-electron chi connectivity index (χ3n) is 2.30. The molecule has 0 fully saturated rings. The molecule has 0 aliphatic heterocycles. The smallest absolute Gasteiger partial charge is 0.341 e. The molecule has 0 saturated heterocycles. The number of rotatable bonds is 4. The lowest BCUT2D eigenvalue weighted by molar-refractivity contribution is 0.0693. The Kier molecular flexibility index (Phi) is 3.51. The first kappa shape index (κ1) is 13.3. The number of nitrogens with zero attached hydrogens (tertiary/aromatic N) is 3. The minimum Gasteiger partial charge on any atom is -0.481 e. The maximum atomic E-state index is 11.1. The van der Waals surface area contributed by atoms with Crippen molar-refractivity contribution in [1.29, 1.82) is 0 Å². The molecule has 0 radical (unpaired) electrons. The van der Waals surface area contributed by atoms with Crippen molar-refractivity contribution in [2.24, 2.45) is 0 Å². The van der Waals surface area contributed by atoms with Crippen molar-refractivity contribution < 1.29 is 19.4 Å². The highest BCUT2D eigenvalue weighted by Crippen LogP contribution is 2.30. The van der Waals surface area contributed by atoms with Crippen LogP contribution in [0.2, 0.25) is 0 Å². The zero-order chi connectivity index (χ0) is 14.7. The summed E-state index contributed by atoms with van der Waals surface area (Å²) in [5, 5.41) is 9.08. The minimum absolute atomic E-state index is 0.00409. The van der Waals surface area contributed by atoms with Gasteiger partial charge in [-0.15, -0.1) is 0 Å². The molecule has 2 aromatic heterocycles. The predicted octanol–water partition coefficient (Wildman–Crippen LogP) is 0.535. The number of ether oxygens (including phenoxy) is 2. The van der Waals surface area contributed by atoms with Crippen LogP contribution in [-0.4, -0.2) is 33.1 Å². The maximum Gasteiger partial charge on any atom is 0.341 e. The molecule has 0 aliphatic carbocycles. The van der Waals surface area contributed by atoms with E-state index in [1.54, 1.807) is 0 Å². The topological polar surface area (TPSA) is 146 Å². The monoisotopic (exact) mass is 277 g/mol. The van der Waals surface area contributed by atoms with Gasteiger partial charge in [0.15, 0.2) is 11.6 Å². The fraction of sp³-hybridized carbons (Fsp3) is 0.0909. The maximum absolute atomic E-state index is 11.1. The first-order chi connectivity index (χ1) is 9.51. The number of hydrogen-bond donors (Lipinski definition) is 3. The molecule has 9 nitrogen and oxygen atoms in total. The van der Waals surface area contributed by atoms with Crippen LogP contribution in [0.5, 0.6) is 17.4 Å². The summed E-state index contributed by atoms with van der Waals surface area (Å²) < 4.78 is 10.3. The van der Waals surface area contributed by atoms with Crippen molar-refractivity contribution in [3.05, 3.63) is 24.0 Å². The number of nitrogens with two attached hydrogens (primary N) is 2. The van der Waals surface area contributed by atoms with Crippen LogP contribution >= 0.6 is 0 Å². The first-order valence-electron chi connectivity index (χ1n) is 5.34. The molecule has 0 unspecified atom stereocenters. The van der Waals surface area contributed by atoms with Crippen molar-refractivity contribution in [2.75, 3.05) is 18.6 Å². The number of pyridine rings is 1. The van der Waals surface area contributed by atoms with E-state index in [1.807, 2.05) is 0 Å². The molecular weight excluding hydrogens is 266 g/mol. The zero-order valence-electron chi connectivity index (χ0n) is 10.4. The average Bonchev–Trinajstić information content (AvgIpc) is 2.41. The highest BCUT2D eigenvalue weighted by molar-refractivity contribution is 5.90. The molecule has 2 aromatic rings. The summed E-state index contributed by atoms with van der Waals surface area (Å²) in [4.78, 5) is 22.3. The van der Waals surface area contributed by atoms with Crippen LogP contribution in [0.3, 0.4) is 0 Å².